The van der Waals surface area contributed by atoms with Crippen LogP contribution in [0.5, 0.6) is 0 Å². The third-order valence-electron chi connectivity index (χ3n) is 5.19. The minimum absolute atomic E-state index is 0.214. The number of hydrogen-bond acceptors (Lipinski definition) is 8. The van der Waals surface area contributed by atoms with Crippen LogP contribution in [-0.4, -0.2) is 58.2 Å². The van der Waals surface area contributed by atoms with Crippen LogP contribution in [0.15, 0.2) is 42.0 Å². The van der Waals surface area contributed by atoms with Crippen molar-refractivity contribution in [3.8, 4) is 0 Å². The molecule has 4 rings (SSSR count). The smallest absolute Gasteiger partial charge is 0.281 e. The Balaban J connectivity index is 1.46. The molecule has 154 valence electrons. The highest BCUT2D eigenvalue weighted by atomic mass is 16.5. The highest BCUT2D eigenvalue weighted by Crippen LogP contribution is 2.30. The number of nitrogens with zero attached hydrogens (tertiary/aromatic N) is 5. The highest BCUT2D eigenvalue weighted by Gasteiger charge is 2.35. The van der Waals surface area contributed by atoms with Gasteiger partial charge in [-0.15, -0.1) is 0 Å². The predicted octanol–water partition coefficient (Wildman–Crippen LogP) is 0.142. The Kier molecular flexibility index (Phi) is 5.67. The van der Waals surface area contributed by atoms with Gasteiger partial charge in [-0.3, -0.25) is 18.9 Å². The van der Waals surface area contributed by atoms with Gasteiger partial charge in [-0.05, 0) is 24.5 Å². The monoisotopic (exact) mass is 401 g/mol. The molecule has 1 aliphatic rings. The lowest BCUT2D eigenvalue weighted by Crippen LogP contribution is -2.24. The van der Waals surface area contributed by atoms with Crippen LogP contribution in [0.25, 0.3) is 11.2 Å². The average Bonchev–Trinajstić information content (AvgIpc) is 3.33. The van der Waals surface area contributed by atoms with Crippen LogP contribution in [0.1, 0.15) is 37.2 Å². The number of rotatable bonds is 7. The lowest BCUT2D eigenvalue weighted by atomic mass is 10.1. The molecular weight excluding hydrogens is 378 g/mol. The molecule has 3 aromatic rings. The molecule has 0 aliphatic carbocycles. The molecule has 0 saturated carbocycles. The minimum atomic E-state index is -0.783. The Morgan fingerprint density at radius 1 is 1.31 bits per heavy atom. The van der Waals surface area contributed by atoms with Crippen molar-refractivity contribution in [2.45, 2.75) is 50.3 Å². The van der Waals surface area contributed by atoms with Crippen LogP contribution in [-0.2, 0) is 11.3 Å². The zero-order valence-electron chi connectivity index (χ0n) is 15.7. The van der Waals surface area contributed by atoms with Gasteiger partial charge in [0.15, 0.2) is 11.2 Å². The number of imidazole rings is 1. The highest BCUT2D eigenvalue weighted by molar-refractivity contribution is 5.69. The molecule has 1 saturated heterocycles. The Morgan fingerprint density at radius 3 is 2.90 bits per heavy atom. The Hall–Kier alpha value is -2.66. The van der Waals surface area contributed by atoms with Gasteiger partial charge in [0.05, 0.1) is 25.1 Å². The van der Waals surface area contributed by atoms with Gasteiger partial charge in [0.25, 0.3) is 5.56 Å². The standard InChI is InChI=1S/C19H23N5O5/c25-9-15-14(27)7-16(29-15)24-11-21-17-18(24)22-10-23(19(17)28)6-2-4-13(26)12-3-1-5-20-8-12/h1,3,5,8,10-11,13-16,25-27H,2,4,6-7,9H2. The van der Waals surface area contributed by atoms with E-state index in [2.05, 4.69) is 15.0 Å². The number of pyridine rings is 1. The zero-order chi connectivity index (χ0) is 20.4. The van der Waals surface area contributed by atoms with E-state index >= 15 is 0 Å². The topological polar surface area (TPSA) is 136 Å². The van der Waals surface area contributed by atoms with E-state index in [1.54, 1.807) is 23.0 Å². The van der Waals surface area contributed by atoms with E-state index in [1.165, 1.54) is 17.2 Å². The summed E-state index contributed by atoms with van der Waals surface area (Å²) in [5.74, 6) is 0. The number of aliphatic hydroxyl groups is 3. The third-order valence-corrected chi connectivity index (χ3v) is 5.19. The van der Waals surface area contributed by atoms with Crippen molar-refractivity contribution >= 4 is 11.2 Å². The van der Waals surface area contributed by atoms with Crippen LogP contribution in [0.4, 0.5) is 0 Å². The van der Waals surface area contributed by atoms with Gasteiger partial charge in [0, 0.05) is 25.4 Å². The molecule has 4 unspecified atom stereocenters. The van der Waals surface area contributed by atoms with Gasteiger partial charge in [-0.25, -0.2) is 9.97 Å². The van der Waals surface area contributed by atoms with Gasteiger partial charge >= 0.3 is 0 Å². The lowest BCUT2D eigenvalue weighted by molar-refractivity contribution is -0.0432. The van der Waals surface area contributed by atoms with Crippen LogP contribution >= 0.6 is 0 Å². The second-order valence-corrected chi connectivity index (χ2v) is 7.13. The molecule has 3 N–H and O–H groups in total. The third kappa shape index (κ3) is 3.92. The summed E-state index contributed by atoms with van der Waals surface area (Å²) in [6.07, 6.45) is 4.93. The number of aryl methyl sites for hydroxylation is 1. The maximum atomic E-state index is 12.7. The van der Waals surface area contributed by atoms with Crippen molar-refractivity contribution in [2.24, 2.45) is 0 Å². The summed E-state index contributed by atoms with van der Waals surface area (Å²) < 4.78 is 8.69. The van der Waals surface area contributed by atoms with Gasteiger partial charge in [0.2, 0.25) is 0 Å². The first-order valence-electron chi connectivity index (χ1n) is 9.53. The minimum Gasteiger partial charge on any atom is -0.394 e. The van der Waals surface area contributed by atoms with Gasteiger partial charge in [0.1, 0.15) is 18.7 Å². The normalized spacial score (nSPS) is 22.9. The molecule has 4 atom stereocenters. The van der Waals surface area contributed by atoms with Crippen LogP contribution in [0.3, 0.4) is 0 Å². The summed E-state index contributed by atoms with van der Waals surface area (Å²) in [5.41, 5.74) is 1.05. The van der Waals surface area contributed by atoms with E-state index in [-0.39, 0.29) is 24.1 Å². The largest absolute Gasteiger partial charge is 0.394 e. The van der Waals surface area contributed by atoms with Gasteiger partial charge in [-0.2, -0.15) is 0 Å². The van der Waals surface area contributed by atoms with Crippen LogP contribution < -0.4 is 5.56 Å². The fraction of sp³-hybridized carbons (Fsp3) is 0.474. The zero-order valence-corrected chi connectivity index (χ0v) is 15.7. The van der Waals surface area contributed by atoms with E-state index in [4.69, 9.17) is 4.74 Å². The molecule has 0 bridgehead atoms. The van der Waals surface area contributed by atoms with E-state index < -0.39 is 24.5 Å². The Morgan fingerprint density at radius 2 is 2.17 bits per heavy atom. The van der Waals surface area contributed by atoms with E-state index in [1.807, 2.05) is 6.07 Å². The number of aliphatic hydroxyl groups excluding tert-OH is 3. The molecule has 4 heterocycles. The van der Waals surface area contributed by atoms with Crippen molar-refractivity contribution < 1.29 is 20.1 Å². The molecule has 0 aromatic carbocycles. The summed E-state index contributed by atoms with van der Waals surface area (Å²) in [7, 11) is 0. The molecule has 10 nitrogen and oxygen atoms in total. The van der Waals surface area contributed by atoms with Crippen molar-refractivity contribution in [2.75, 3.05) is 6.61 Å². The number of ether oxygens (including phenoxy) is 1. The quantitative estimate of drug-likeness (QED) is 0.509. The number of aromatic nitrogens is 5. The molecule has 29 heavy (non-hydrogen) atoms. The molecule has 0 spiro atoms. The van der Waals surface area contributed by atoms with E-state index in [9.17, 15) is 20.1 Å². The molecule has 1 aliphatic heterocycles. The predicted molar refractivity (Wildman–Crippen MR) is 102 cm³/mol. The first-order chi connectivity index (χ1) is 14.1. The fourth-order valence-corrected chi connectivity index (χ4v) is 3.56. The number of hydrogen-bond donors (Lipinski definition) is 3. The molecule has 10 heteroatoms. The Bertz CT molecular complexity index is 1020. The second kappa shape index (κ2) is 8.37. The summed E-state index contributed by atoms with van der Waals surface area (Å²) >= 11 is 0. The lowest BCUT2D eigenvalue weighted by Gasteiger charge is -2.14. The maximum absolute atomic E-state index is 12.7. The molecule has 0 amide bonds. The number of fused-ring (bicyclic) bond motifs is 1. The summed E-state index contributed by atoms with van der Waals surface area (Å²) in [5, 5.41) is 29.4. The summed E-state index contributed by atoms with van der Waals surface area (Å²) in [4.78, 5) is 25.2. The van der Waals surface area contributed by atoms with Gasteiger partial charge < -0.3 is 20.1 Å². The van der Waals surface area contributed by atoms with Crippen LogP contribution in [0, 0.1) is 0 Å². The molecule has 0 radical (unpaired) electrons. The first-order valence-corrected chi connectivity index (χ1v) is 9.53. The average molecular weight is 401 g/mol. The Labute approximate surface area is 166 Å². The molecule has 1 fully saturated rings. The van der Waals surface area contributed by atoms with Gasteiger partial charge in [-0.1, -0.05) is 6.07 Å². The van der Waals surface area contributed by atoms with E-state index in [0.29, 0.717) is 25.0 Å². The summed E-state index contributed by atoms with van der Waals surface area (Å²) in [6.45, 7) is 0.118. The van der Waals surface area contributed by atoms with Crippen molar-refractivity contribution in [1.82, 2.24) is 24.1 Å². The van der Waals surface area contributed by atoms with Crippen LogP contribution in [0.2, 0.25) is 0 Å². The maximum Gasteiger partial charge on any atom is 0.281 e. The molecule has 3 aromatic heterocycles. The first kappa shape index (κ1) is 19.6. The molecular formula is C19H23N5O5. The van der Waals surface area contributed by atoms with Crippen molar-refractivity contribution in [3.63, 3.8) is 0 Å². The van der Waals surface area contributed by atoms with Crippen molar-refractivity contribution in [3.05, 3.63) is 53.1 Å². The van der Waals surface area contributed by atoms with Crippen molar-refractivity contribution in [1.29, 1.82) is 0 Å². The summed E-state index contributed by atoms with van der Waals surface area (Å²) in [6, 6.07) is 3.58. The second-order valence-electron chi connectivity index (χ2n) is 7.13. The van der Waals surface area contributed by atoms with E-state index in [0.717, 1.165) is 5.56 Å². The SMILES string of the molecule is O=c1c2ncn(C3CC(O)C(CO)O3)c2ncn1CCCC(O)c1cccnc1. The fourth-order valence-electron chi connectivity index (χ4n) is 3.56.